The fraction of sp³-hybridized carbons (Fsp3) is 0.176. The lowest BCUT2D eigenvalue weighted by atomic mass is 10.2. The van der Waals surface area contributed by atoms with Gasteiger partial charge in [-0.15, -0.1) is 0 Å². The summed E-state index contributed by atoms with van der Waals surface area (Å²) in [6, 6.07) is 7.67. The van der Waals surface area contributed by atoms with Crippen LogP contribution < -0.4 is 4.74 Å². The maximum absolute atomic E-state index is 12.0. The predicted molar refractivity (Wildman–Crippen MR) is 83.4 cm³/mol. The standard InChI is InChI=1S/C17H16O7/c1-2-7-23-16(21)10-3-5-12(6-4-10)24-17(22)11-8-13(18)15(20)14(19)9-11/h3-6,8-9,18-20H,2,7H2,1H3. The molecule has 0 saturated carbocycles. The SMILES string of the molecule is CCCOC(=O)c1ccc(OC(=O)c2cc(O)c(O)c(O)c2)cc1. The highest BCUT2D eigenvalue weighted by Crippen LogP contribution is 2.35. The van der Waals surface area contributed by atoms with Crippen LogP contribution in [0.5, 0.6) is 23.0 Å². The van der Waals surface area contributed by atoms with Gasteiger partial charge in [-0.2, -0.15) is 0 Å². The van der Waals surface area contributed by atoms with Gasteiger partial charge in [0.15, 0.2) is 17.2 Å². The predicted octanol–water partition coefficient (Wildman–Crippen LogP) is 2.59. The second kappa shape index (κ2) is 7.36. The Kier molecular flexibility index (Phi) is 5.26. The molecule has 0 heterocycles. The topological polar surface area (TPSA) is 113 Å². The highest BCUT2D eigenvalue weighted by molar-refractivity contribution is 5.93. The van der Waals surface area contributed by atoms with Gasteiger partial charge in [0.2, 0.25) is 0 Å². The molecule has 2 aromatic rings. The molecule has 0 aliphatic heterocycles. The van der Waals surface area contributed by atoms with Crippen molar-refractivity contribution in [3.63, 3.8) is 0 Å². The normalized spacial score (nSPS) is 10.2. The van der Waals surface area contributed by atoms with Gasteiger partial charge in [-0.05, 0) is 42.8 Å². The van der Waals surface area contributed by atoms with Gasteiger partial charge < -0.3 is 24.8 Å². The van der Waals surface area contributed by atoms with Crippen molar-refractivity contribution >= 4 is 11.9 Å². The van der Waals surface area contributed by atoms with Crippen LogP contribution in [-0.2, 0) is 4.74 Å². The van der Waals surface area contributed by atoms with Crippen molar-refractivity contribution in [3.05, 3.63) is 47.5 Å². The first-order chi connectivity index (χ1) is 11.4. The monoisotopic (exact) mass is 332 g/mol. The fourth-order valence-electron chi connectivity index (χ4n) is 1.83. The quantitative estimate of drug-likeness (QED) is 0.438. The van der Waals surface area contributed by atoms with E-state index in [9.17, 15) is 24.9 Å². The Morgan fingerprint density at radius 2 is 1.50 bits per heavy atom. The number of carbonyl (C=O) groups excluding carboxylic acids is 2. The molecule has 2 aromatic carbocycles. The molecule has 0 amide bonds. The second-order valence-electron chi connectivity index (χ2n) is 4.91. The van der Waals surface area contributed by atoms with Crippen LogP contribution in [0.4, 0.5) is 0 Å². The molecule has 0 radical (unpaired) electrons. The Morgan fingerprint density at radius 1 is 0.917 bits per heavy atom. The number of hydrogen-bond donors (Lipinski definition) is 3. The van der Waals surface area contributed by atoms with Crippen LogP contribution in [0.25, 0.3) is 0 Å². The summed E-state index contributed by atoms with van der Waals surface area (Å²) in [5.41, 5.74) is 0.178. The van der Waals surface area contributed by atoms with Crippen molar-refractivity contribution in [3.8, 4) is 23.0 Å². The average molecular weight is 332 g/mol. The minimum Gasteiger partial charge on any atom is -0.504 e. The molecule has 24 heavy (non-hydrogen) atoms. The number of phenolic OH excluding ortho intramolecular Hbond substituents is 3. The molecule has 0 bridgehead atoms. The highest BCUT2D eigenvalue weighted by atomic mass is 16.5. The van der Waals surface area contributed by atoms with Gasteiger partial charge in [0.05, 0.1) is 17.7 Å². The largest absolute Gasteiger partial charge is 0.504 e. The molecule has 0 unspecified atom stereocenters. The third-order valence-electron chi connectivity index (χ3n) is 3.04. The molecule has 0 aliphatic rings. The van der Waals surface area contributed by atoms with Crippen molar-refractivity contribution in [2.24, 2.45) is 0 Å². The van der Waals surface area contributed by atoms with Crippen LogP contribution in [0, 0.1) is 0 Å². The molecule has 7 nitrogen and oxygen atoms in total. The molecule has 2 rings (SSSR count). The maximum atomic E-state index is 12.0. The number of esters is 2. The molecule has 0 fully saturated rings. The molecule has 0 aliphatic carbocycles. The summed E-state index contributed by atoms with van der Waals surface area (Å²) in [5, 5.41) is 28.0. The van der Waals surface area contributed by atoms with Crippen molar-refractivity contribution < 1.29 is 34.4 Å². The van der Waals surface area contributed by atoms with Gasteiger partial charge in [0, 0.05) is 0 Å². The third-order valence-corrected chi connectivity index (χ3v) is 3.04. The Bertz CT molecular complexity index is 727. The van der Waals surface area contributed by atoms with E-state index in [2.05, 4.69) is 0 Å². The number of rotatable bonds is 5. The number of carbonyl (C=O) groups is 2. The van der Waals surface area contributed by atoms with E-state index in [0.29, 0.717) is 18.6 Å². The third kappa shape index (κ3) is 3.95. The van der Waals surface area contributed by atoms with Crippen LogP contribution in [0.2, 0.25) is 0 Å². The van der Waals surface area contributed by atoms with Gasteiger partial charge in [0.1, 0.15) is 5.75 Å². The molecule has 3 N–H and O–H groups in total. The van der Waals surface area contributed by atoms with Gasteiger partial charge in [-0.1, -0.05) is 6.92 Å². The Labute approximate surface area is 137 Å². The highest BCUT2D eigenvalue weighted by Gasteiger charge is 2.15. The number of hydrogen-bond acceptors (Lipinski definition) is 7. The van der Waals surface area contributed by atoms with E-state index in [0.717, 1.165) is 12.1 Å². The first-order valence-corrected chi connectivity index (χ1v) is 7.16. The average Bonchev–Trinajstić information content (AvgIpc) is 2.57. The lowest BCUT2D eigenvalue weighted by Gasteiger charge is -2.07. The van der Waals surface area contributed by atoms with Crippen molar-refractivity contribution in [2.75, 3.05) is 6.61 Å². The Balaban J connectivity index is 2.08. The van der Waals surface area contributed by atoms with E-state index in [-0.39, 0.29) is 11.3 Å². The molecule has 0 spiro atoms. The first kappa shape index (κ1) is 17.1. The Morgan fingerprint density at radius 3 is 2.04 bits per heavy atom. The van der Waals surface area contributed by atoms with Crippen LogP contribution in [0.3, 0.4) is 0 Å². The minimum atomic E-state index is -0.845. The number of phenols is 3. The molecular weight excluding hydrogens is 316 g/mol. The van der Waals surface area contributed by atoms with E-state index < -0.39 is 29.2 Å². The van der Waals surface area contributed by atoms with Gasteiger partial charge in [-0.3, -0.25) is 0 Å². The number of ether oxygens (including phenoxy) is 2. The molecular formula is C17H16O7. The molecule has 0 saturated heterocycles. The summed E-state index contributed by atoms with van der Waals surface area (Å²) >= 11 is 0. The number of benzene rings is 2. The molecule has 0 aromatic heterocycles. The lowest BCUT2D eigenvalue weighted by molar-refractivity contribution is 0.0505. The molecule has 126 valence electrons. The zero-order valence-corrected chi connectivity index (χ0v) is 12.9. The lowest BCUT2D eigenvalue weighted by Crippen LogP contribution is -2.09. The molecule has 0 atom stereocenters. The van der Waals surface area contributed by atoms with E-state index in [4.69, 9.17) is 9.47 Å². The van der Waals surface area contributed by atoms with Crippen LogP contribution >= 0.6 is 0 Å². The summed E-state index contributed by atoms with van der Waals surface area (Å²) in [4.78, 5) is 23.6. The van der Waals surface area contributed by atoms with Crippen molar-refractivity contribution in [2.45, 2.75) is 13.3 Å². The summed E-state index contributed by atoms with van der Waals surface area (Å²) in [7, 11) is 0. The summed E-state index contributed by atoms with van der Waals surface area (Å²) in [6.45, 7) is 2.21. The Hall–Kier alpha value is -3.22. The van der Waals surface area contributed by atoms with Crippen LogP contribution in [0.1, 0.15) is 34.1 Å². The van der Waals surface area contributed by atoms with E-state index in [1.807, 2.05) is 6.92 Å². The van der Waals surface area contributed by atoms with Gasteiger partial charge >= 0.3 is 11.9 Å². The van der Waals surface area contributed by atoms with Crippen molar-refractivity contribution in [1.82, 2.24) is 0 Å². The van der Waals surface area contributed by atoms with E-state index >= 15 is 0 Å². The smallest absolute Gasteiger partial charge is 0.343 e. The van der Waals surface area contributed by atoms with Gasteiger partial charge in [-0.25, -0.2) is 9.59 Å². The zero-order valence-electron chi connectivity index (χ0n) is 12.9. The van der Waals surface area contributed by atoms with Gasteiger partial charge in [0.25, 0.3) is 0 Å². The minimum absolute atomic E-state index is 0.144. The van der Waals surface area contributed by atoms with Crippen molar-refractivity contribution in [1.29, 1.82) is 0 Å². The molecule has 7 heteroatoms. The zero-order chi connectivity index (χ0) is 17.7. The first-order valence-electron chi connectivity index (χ1n) is 7.16. The fourth-order valence-corrected chi connectivity index (χ4v) is 1.83. The summed E-state index contributed by atoms with van der Waals surface area (Å²) in [6.07, 6.45) is 0.716. The second-order valence-corrected chi connectivity index (χ2v) is 4.91. The number of aromatic hydroxyl groups is 3. The van der Waals surface area contributed by atoms with Crippen LogP contribution in [-0.4, -0.2) is 33.9 Å². The van der Waals surface area contributed by atoms with E-state index in [1.165, 1.54) is 24.3 Å². The summed E-state index contributed by atoms with van der Waals surface area (Å²) < 4.78 is 10.1. The van der Waals surface area contributed by atoms with Crippen LogP contribution in [0.15, 0.2) is 36.4 Å². The summed E-state index contributed by atoms with van der Waals surface area (Å²) in [5.74, 6) is -3.16. The van der Waals surface area contributed by atoms with E-state index in [1.54, 1.807) is 0 Å². The maximum Gasteiger partial charge on any atom is 0.343 e.